The molecule has 0 atom stereocenters. The van der Waals surface area contributed by atoms with Crippen molar-refractivity contribution in [3.05, 3.63) is 91.0 Å². The molecular formula is C24H23NO3Si. The zero-order valence-electron chi connectivity index (χ0n) is 16.5. The summed E-state index contributed by atoms with van der Waals surface area (Å²) in [5.74, 6) is -1.08. The Kier molecular flexibility index (Phi) is 6.52. The standard InChI is InChI=1S/C24H23NO3Si/c1-3-23(26)24(27)19(2)25-28-29(20-13-7-4-8-14-20,21-15-9-5-10-16-21)22-17-11-6-12-18-22/h4-18H,3H2,1-2H3. The summed E-state index contributed by atoms with van der Waals surface area (Å²) in [5.41, 5.74) is 0.0662. The molecule has 0 saturated heterocycles. The molecule has 0 radical (unpaired) electrons. The van der Waals surface area contributed by atoms with Crippen molar-refractivity contribution in [2.45, 2.75) is 20.3 Å². The second-order valence-electron chi connectivity index (χ2n) is 6.65. The lowest BCUT2D eigenvalue weighted by Gasteiger charge is -2.30. The van der Waals surface area contributed by atoms with Gasteiger partial charge in [-0.3, -0.25) is 9.59 Å². The summed E-state index contributed by atoms with van der Waals surface area (Å²) in [7, 11) is -3.03. The molecule has 0 fully saturated rings. The van der Waals surface area contributed by atoms with E-state index in [2.05, 4.69) is 5.16 Å². The summed E-state index contributed by atoms with van der Waals surface area (Å²) in [6.07, 6.45) is 0.143. The third-order valence-corrected chi connectivity index (χ3v) is 8.57. The molecule has 0 spiro atoms. The molecule has 3 rings (SSSR count). The number of hydrogen-bond donors (Lipinski definition) is 0. The summed E-state index contributed by atoms with van der Waals surface area (Å²) in [4.78, 5) is 24.1. The Hall–Kier alpha value is -3.31. The molecule has 4 nitrogen and oxygen atoms in total. The Bertz CT molecular complexity index is 905. The zero-order valence-corrected chi connectivity index (χ0v) is 17.5. The van der Waals surface area contributed by atoms with Gasteiger partial charge in [-0.05, 0) is 22.5 Å². The molecule has 0 aliphatic carbocycles. The van der Waals surface area contributed by atoms with Crippen molar-refractivity contribution in [3.63, 3.8) is 0 Å². The van der Waals surface area contributed by atoms with Crippen LogP contribution in [0, 0.1) is 0 Å². The SMILES string of the molecule is CCC(=O)C(=O)C(C)=NO[Si](c1ccccc1)(c1ccccc1)c1ccccc1. The van der Waals surface area contributed by atoms with E-state index in [1.807, 2.05) is 91.0 Å². The minimum Gasteiger partial charge on any atom is -0.438 e. The van der Waals surface area contributed by atoms with Crippen LogP contribution in [0.15, 0.2) is 96.2 Å². The number of carbonyl (C=O) groups is 2. The number of oxime groups is 1. The summed E-state index contributed by atoms with van der Waals surface area (Å²) < 4.78 is 6.32. The molecule has 146 valence electrons. The molecule has 0 aromatic heterocycles. The quantitative estimate of drug-likeness (QED) is 0.192. The number of carbonyl (C=O) groups excluding carboxylic acids is 2. The van der Waals surface area contributed by atoms with Gasteiger partial charge in [-0.2, -0.15) is 0 Å². The van der Waals surface area contributed by atoms with E-state index in [1.54, 1.807) is 6.92 Å². The van der Waals surface area contributed by atoms with Crippen LogP contribution >= 0.6 is 0 Å². The first-order valence-corrected chi connectivity index (χ1v) is 11.5. The van der Waals surface area contributed by atoms with Gasteiger partial charge in [0.25, 0.3) is 0 Å². The van der Waals surface area contributed by atoms with E-state index in [-0.39, 0.29) is 12.1 Å². The minimum absolute atomic E-state index is 0.0662. The largest absolute Gasteiger partial charge is 0.438 e. The molecule has 3 aromatic rings. The highest BCUT2D eigenvalue weighted by molar-refractivity contribution is 7.07. The lowest BCUT2D eigenvalue weighted by Crippen LogP contribution is -2.68. The summed E-state index contributed by atoms with van der Waals surface area (Å²) in [5, 5.41) is 7.21. The van der Waals surface area contributed by atoms with Crippen LogP contribution in [0.5, 0.6) is 0 Å². The maximum absolute atomic E-state index is 12.3. The molecule has 0 aliphatic rings. The molecule has 0 unspecified atom stereocenters. The zero-order chi connectivity index (χ0) is 20.7. The first-order valence-electron chi connectivity index (χ1n) is 9.56. The number of nitrogens with zero attached hydrogens (tertiary/aromatic N) is 1. The first-order chi connectivity index (χ1) is 14.1. The fraction of sp³-hybridized carbons (Fsp3) is 0.125. The molecule has 5 heteroatoms. The van der Waals surface area contributed by atoms with Gasteiger partial charge in [0, 0.05) is 6.42 Å². The first kappa shape index (κ1) is 20.4. The maximum atomic E-state index is 12.3. The van der Waals surface area contributed by atoms with Crippen molar-refractivity contribution in [1.82, 2.24) is 0 Å². The van der Waals surface area contributed by atoms with Gasteiger partial charge in [-0.25, -0.2) is 0 Å². The minimum atomic E-state index is -3.03. The predicted molar refractivity (Wildman–Crippen MR) is 118 cm³/mol. The normalized spacial score (nSPS) is 11.7. The van der Waals surface area contributed by atoms with E-state index in [4.69, 9.17) is 4.53 Å². The van der Waals surface area contributed by atoms with Gasteiger partial charge in [-0.1, -0.05) is 97.9 Å². The van der Waals surface area contributed by atoms with Gasteiger partial charge in [0.15, 0.2) is 0 Å². The van der Waals surface area contributed by atoms with Crippen LogP contribution < -0.4 is 15.6 Å². The van der Waals surface area contributed by atoms with Gasteiger partial charge in [-0.15, -0.1) is 5.16 Å². The van der Waals surface area contributed by atoms with Crippen molar-refractivity contribution >= 4 is 41.2 Å². The van der Waals surface area contributed by atoms with Crippen molar-refractivity contribution < 1.29 is 14.1 Å². The number of hydrogen-bond acceptors (Lipinski definition) is 4. The summed E-state index contributed by atoms with van der Waals surface area (Å²) >= 11 is 0. The molecular weight excluding hydrogens is 378 g/mol. The average Bonchev–Trinajstić information content (AvgIpc) is 2.80. The summed E-state index contributed by atoms with van der Waals surface area (Å²) in [6, 6.07) is 29.8. The molecule has 0 N–H and O–H groups in total. The molecule has 0 heterocycles. The Morgan fingerprint density at radius 1 is 0.759 bits per heavy atom. The average molecular weight is 402 g/mol. The third kappa shape index (κ3) is 4.25. The van der Waals surface area contributed by atoms with Gasteiger partial charge in [0.1, 0.15) is 5.71 Å². The van der Waals surface area contributed by atoms with E-state index in [9.17, 15) is 9.59 Å². The van der Waals surface area contributed by atoms with E-state index in [1.165, 1.54) is 6.92 Å². The number of benzene rings is 3. The van der Waals surface area contributed by atoms with Gasteiger partial charge >= 0.3 is 8.32 Å². The number of ketones is 2. The smallest absolute Gasteiger partial charge is 0.380 e. The van der Waals surface area contributed by atoms with Crippen molar-refractivity contribution in [1.29, 1.82) is 0 Å². The van der Waals surface area contributed by atoms with E-state index < -0.39 is 19.9 Å². The van der Waals surface area contributed by atoms with Crippen LogP contribution in [-0.2, 0) is 14.1 Å². The molecule has 0 aliphatic heterocycles. The summed E-state index contributed by atoms with van der Waals surface area (Å²) in [6.45, 7) is 3.18. The molecule has 0 amide bonds. The van der Waals surface area contributed by atoms with Gasteiger partial charge < -0.3 is 4.53 Å². The van der Waals surface area contributed by atoms with Crippen LogP contribution in [0.3, 0.4) is 0 Å². The van der Waals surface area contributed by atoms with E-state index >= 15 is 0 Å². The molecule has 29 heavy (non-hydrogen) atoms. The lowest BCUT2D eigenvalue weighted by molar-refractivity contribution is -0.132. The number of Topliss-reactive ketones (excluding diaryl/α,β-unsaturated/α-hetero) is 2. The van der Waals surface area contributed by atoms with Crippen molar-refractivity contribution in [2.75, 3.05) is 0 Å². The van der Waals surface area contributed by atoms with Gasteiger partial charge in [0.2, 0.25) is 11.6 Å². The Morgan fingerprint density at radius 2 is 1.14 bits per heavy atom. The van der Waals surface area contributed by atoms with Crippen LogP contribution in [0.2, 0.25) is 0 Å². The lowest BCUT2D eigenvalue weighted by atomic mass is 10.1. The van der Waals surface area contributed by atoms with Crippen LogP contribution in [0.25, 0.3) is 0 Å². The maximum Gasteiger partial charge on any atom is 0.380 e. The van der Waals surface area contributed by atoms with Crippen LogP contribution in [0.1, 0.15) is 20.3 Å². The Morgan fingerprint density at radius 3 is 1.48 bits per heavy atom. The Labute approximate surface area is 172 Å². The fourth-order valence-electron chi connectivity index (χ4n) is 3.22. The molecule has 0 bridgehead atoms. The van der Waals surface area contributed by atoms with Crippen molar-refractivity contribution in [3.8, 4) is 0 Å². The van der Waals surface area contributed by atoms with E-state index in [0.29, 0.717) is 0 Å². The van der Waals surface area contributed by atoms with Gasteiger partial charge in [0.05, 0.1) is 0 Å². The second kappa shape index (κ2) is 9.25. The highest BCUT2D eigenvalue weighted by Crippen LogP contribution is 2.10. The highest BCUT2D eigenvalue weighted by atomic mass is 28.4. The highest BCUT2D eigenvalue weighted by Gasteiger charge is 2.45. The van der Waals surface area contributed by atoms with Crippen molar-refractivity contribution in [2.24, 2.45) is 5.16 Å². The molecule has 3 aromatic carbocycles. The van der Waals surface area contributed by atoms with E-state index in [0.717, 1.165) is 15.6 Å². The fourth-order valence-corrected chi connectivity index (χ4v) is 6.79. The monoisotopic (exact) mass is 401 g/mol. The Balaban J connectivity index is 2.20. The van der Waals surface area contributed by atoms with Crippen LogP contribution in [-0.4, -0.2) is 25.6 Å². The third-order valence-electron chi connectivity index (χ3n) is 4.76. The van der Waals surface area contributed by atoms with Crippen LogP contribution in [0.4, 0.5) is 0 Å². The number of rotatable bonds is 8. The molecule has 0 saturated carbocycles. The topological polar surface area (TPSA) is 55.7 Å². The predicted octanol–water partition coefficient (Wildman–Crippen LogP) is 2.59. The second-order valence-corrected chi connectivity index (χ2v) is 9.93.